The van der Waals surface area contributed by atoms with Gasteiger partial charge in [0.15, 0.2) is 17.0 Å². The van der Waals surface area contributed by atoms with E-state index in [9.17, 15) is 22.7 Å². The van der Waals surface area contributed by atoms with E-state index in [1.807, 2.05) is 0 Å². The number of benzene rings is 2. The number of fused-ring (bicyclic) bond motifs is 1. The highest BCUT2D eigenvalue weighted by atomic mass is 35.5. The fourth-order valence-electron chi connectivity index (χ4n) is 5.04. The number of esters is 1. The molecule has 1 aliphatic heterocycles. The van der Waals surface area contributed by atoms with Crippen LogP contribution in [0.15, 0.2) is 54.9 Å². The van der Waals surface area contributed by atoms with E-state index >= 15 is 0 Å². The number of aliphatic hydroxyl groups is 1. The van der Waals surface area contributed by atoms with Gasteiger partial charge < -0.3 is 29.4 Å². The van der Waals surface area contributed by atoms with Crippen molar-refractivity contribution in [3.8, 4) is 5.75 Å². The summed E-state index contributed by atoms with van der Waals surface area (Å²) >= 11 is 6.03. The zero-order valence-corrected chi connectivity index (χ0v) is 29.2. The topological polar surface area (TPSA) is 205 Å². The molecule has 5 rings (SSSR count). The number of nitrogens with one attached hydrogen (secondary N) is 2. The van der Waals surface area contributed by atoms with Crippen molar-refractivity contribution < 1.29 is 41.2 Å². The Bertz CT molecular complexity index is 1890. The molecule has 1 aliphatic rings. The van der Waals surface area contributed by atoms with Crippen LogP contribution in [0.5, 0.6) is 5.75 Å². The molecule has 264 valence electrons. The van der Waals surface area contributed by atoms with Crippen LogP contribution in [-0.4, -0.2) is 77.7 Å². The van der Waals surface area contributed by atoms with E-state index in [0.717, 1.165) is 11.3 Å². The number of hydrazine groups is 1. The van der Waals surface area contributed by atoms with Crippen molar-refractivity contribution in [3.05, 3.63) is 71.3 Å². The largest absolute Gasteiger partial charge is 0.460 e. The highest BCUT2D eigenvalue weighted by Crippen LogP contribution is 2.47. The Kier molecular flexibility index (Phi) is 11.2. The molecule has 2 aromatic heterocycles. The summed E-state index contributed by atoms with van der Waals surface area (Å²) in [6.45, 7) is 2.70. The van der Waals surface area contributed by atoms with E-state index in [0.29, 0.717) is 5.75 Å². The van der Waals surface area contributed by atoms with Crippen molar-refractivity contribution in [3.63, 3.8) is 0 Å². The van der Waals surface area contributed by atoms with Crippen LogP contribution in [0.1, 0.15) is 25.6 Å². The van der Waals surface area contributed by atoms with Gasteiger partial charge in [-0.1, -0.05) is 49.7 Å². The zero-order valence-electron chi connectivity index (χ0n) is 26.8. The van der Waals surface area contributed by atoms with Crippen molar-refractivity contribution in [2.24, 2.45) is 5.41 Å². The lowest BCUT2D eigenvalue weighted by Gasteiger charge is -2.29. The fourth-order valence-corrected chi connectivity index (χ4v) is 6.90. The van der Waals surface area contributed by atoms with Gasteiger partial charge in [-0.3, -0.25) is 14.4 Å². The summed E-state index contributed by atoms with van der Waals surface area (Å²) in [7, 11) is -4.19. The zero-order chi connectivity index (χ0) is 35.5. The van der Waals surface area contributed by atoms with Crippen LogP contribution in [0, 0.1) is 11.2 Å². The van der Waals surface area contributed by atoms with E-state index < -0.39 is 54.2 Å². The highest BCUT2D eigenvalue weighted by Gasteiger charge is 2.51. The third kappa shape index (κ3) is 8.71. The maximum Gasteiger partial charge on any atom is 0.320 e. The Balaban J connectivity index is 1.29. The van der Waals surface area contributed by atoms with Gasteiger partial charge in [0.25, 0.3) is 0 Å². The second-order valence-corrected chi connectivity index (χ2v) is 15.0. The number of hydrogen-bond donors (Lipinski definition) is 4. The van der Waals surface area contributed by atoms with Crippen LogP contribution in [0.3, 0.4) is 0 Å². The maximum atomic E-state index is 14.1. The summed E-state index contributed by atoms with van der Waals surface area (Å²) < 4.78 is 62.9. The summed E-state index contributed by atoms with van der Waals surface area (Å²) in [5.74, 6) is -0.900. The lowest BCUT2D eigenvalue weighted by atomic mass is 9.84. The monoisotopic (exact) mass is 740 g/mol. The van der Waals surface area contributed by atoms with Crippen LogP contribution in [0.4, 0.5) is 16.2 Å². The van der Waals surface area contributed by atoms with Gasteiger partial charge in [-0.2, -0.15) is 9.97 Å². The minimum Gasteiger partial charge on any atom is -0.460 e. The Morgan fingerprint density at radius 3 is 2.65 bits per heavy atom. The molecule has 3 unspecified atom stereocenters. The van der Waals surface area contributed by atoms with E-state index in [1.165, 1.54) is 31.6 Å². The number of para-hydroxylation sites is 1. The lowest BCUT2D eigenvalue weighted by molar-refractivity contribution is -0.143. The molecule has 49 heavy (non-hydrogen) atoms. The van der Waals surface area contributed by atoms with Crippen molar-refractivity contribution >= 4 is 59.0 Å². The average Bonchev–Trinajstić information content (AvgIpc) is 3.54. The molecule has 2 aromatic carbocycles. The number of ether oxygens (including phenoxy) is 2. The van der Waals surface area contributed by atoms with E-state index in [2.05, 4.69) is 24.9 Å². The molecule has 4 atom stereocenters. The molecule has 0 amide bonds. The van der Waals surface area contributed by atoms with Crippen LogP contribution in [-0.2, 0) is 35.4 Å². The van der Waals surface area contributed by atoms with Gasteiger partial charge in [0, 0.05) is 18.0 Å². The number of aliphatic hydroxyl groups excluding tert-OH is 1. The van der Waals surface area contributed by atoms with Crippen molar-refractivity contribution in [1.82, 2.24) is 29.4 Å². The number of sulfonamides is 1. The molecule has 0 saturated carbocycles. The highest BCUT2D eigenvalue weighted by molar-refractivity contribution is 7.88. The lowest BCUT2D eigenvalue weighted by Crippen LogP contribution is -2.39. The smallest absolute Gasteiger partial charge is 0.320 e. The first-order valence-corrected chi connectivity index (χ1v) is 18.1. The van der Waals surface area contributed by atoms with E-state index in [1.54, 1.807) is 48.7 Å². The summed E-state index contributed by atoms with van der Waals surface area (Å²) in [5, 5.41) is 15.5. The Morgan fingerprint density at radius 1 is 1.22 bits per heavy atom. The molecule has 1 saturated heterocycles. The summed E-state index contributed by atoms with van der Waals surface area (Å²) in [6, 6.07) is 12.9. The maximum absolute atomic E-state index is 14.1. The Morgan fingerprint density at radius 2 is 1.96 bits per heavy atom. The number of rotatable bonds is 14. The molecular weight excluding hydrogens is 706 g/mol. The Hall–Kier alpha value is -3.74. The molecular formula is C29H35ClFN8O8PS. The first-order valence-electron chi connectivity index (χ1n) is 14.7. The standard InChI is InChI=1S/C29H35ClFN8O8PS/c1-29(2)24(41)21(46-27(29)39-16-33-23-25(35-28(32)36-26(23)39)38(3)37-49(4,42)43)15-45-48(47-17-9-6-5-7-10-17)34-13-22(40)44-14-18-19(30)11-8-12-20(18)31/h5-12,16,21,24,27,34,37,41H,13-15H2,1-4H3,(H2,32,35,36)/t21?,24-,27?,48?/m1/s1. The number of hydrogen-bond acceptors (Lipinski definition) is 14. The van der Waals surface area contributed by atoms with E-state index in [-0.39, 0.29) is 53.3 Å². The minimum atomic E-state index is -3.64. The Labute approximate surface area is 287 Å². The number of anilines is 2. The molecule has 20 heteroatoms. The summed E-state index contributed by atoms with van der Waals surface area (Å²) in [5.41, 5.74) is 5.58. The van der Waals surface area contributed by atoms with Gasteiger partial charge in [-0.25, -0.2) is 22.9 Å². The predicted molar refractivity (Wildman–Crippen MR) is 179 cm³/mol. The molecule has 16 nitrogen and oxygen atoms in total. The SMILES string of the molecule is CN(NS(C)(=O)=O)c1nc(N)nc2c1ncn2C1OC(COP(NCC(=O)OCc2c(F)cccc2Cl)Oc2ccccc2)[C@@H](O)C1(C)C. The molecule has 0 aliphatic carbocycles. The second-order valence-electron chi connectivity index (χ2n) is 11.6. The predicted octanol–water partition coefficient (Wildman–Crippen LogP) is 3.04. The molecule has 0 bridgehead atoms. The normalized spacial score (nSPS) is 19.5. The van der Waals surface area contributed by atoms with Crippen LogP contribution in [0.25, 0.3) is 11.2 Å². The van der Waals surface area contributed by atoms with Gasteiger partial charge in [-0.15, -0.1) is 4.83 Å². The number of carbonyl (C=O) groups excluding carboxylic acids is 1. The van der Waals surface area contributed by atoms with Gasteiger partial charge in [-0.05, 0) is 24.3 Å². The number of aromatic nitrogens is 4. The molecule has 0 spiro atoms. The summed E-state index contributed by atoms with van der Waals surface area (Å²) in [6.07, 6.45) is -0.346. The van der Waals surface area contributed by atoms with Gasteiger partial charge in [0.1, 0.15) is 37.1 Å². The van der Waals surface area contributed by atoms with Crippen LogP contribution < -0.4 is 25.2 Å². The molecule has 5 N–H and O–H groups in total. The molecule has 0 radical (unpaired) electrons. The third-order valence-electron chi connectivity index (χ3n) is 7.43. The second kappa shape index (κ2) is 15.0. The first-order chi connectivity index (χ1) is 23.1. The van der Waals surface area contributed by atoms with E-state index in [4.69, 9.17) is 35.9 Å². The van der Waals surface area contributed by atoms with Gasteiger partial charge in [0.05, 0.1) is 30.3 Å². The first kappa shape index (κ1) is 36.5. The minimum absolute atomic E-state index is 0.0507. The van der Waals surface area contributed by atoms with Gasteiger partial charge in [0.2, 0.25) is 16.0 Å². The number of nitrogens with two attached hydrogens (primary N) is 1. The molecule has 3 heterocycles. The number of nitrogens with zero attached hydrogens (tertiary/aromatic N) is 5. The van der Waals surface area contributed by atoms with Crippen molar-refractivity contribution in [2.45, 2.75) is 38.9 Å². The molecule has 1 fully saturated rings. The van der Waals surface area contributed by atoms with Crippen molar-refractivity contribution in [2.75, 3.05) is 37.2 Å². The van der Waals surface area contributed by atoms with Gasteiger partial charge >= 0.3 is 14.5 Å². The third-order valence-corrected chi connectivity index (χ3v) is 9.56. The van der Waals surface area contributed by atoms with Crippen LogP contribution in [0.2, 0.25) is 5.02 Å². The van der Waals surface area contributed by atoms with Crippen LogP contribution >= 0.6 is 20.1 Å². The summed E-state index contributed by atoms with van der Waals surface area (Å²) in [4.78, 5) is 27.7. The fraction of sp³-hybridized carbons (Fsp3) is 0.379. The number of imidazole rings is 1. The molecule has 4 aromatic rings. The average molecular weight is 741 g/mol. The number of halogens is 2. The number of carbonyl (C=O) groups is 1. The quantitative estimate of drug-likeness (QED) is 0.0834. The van der Waals surface area contributed by atoms with Crippen molar-refractivity contribution in [1.29, 1.82) is 0 Å². The number of nitrogen functional groups attached to an aromatic ring is 1.